The Bertz CT molecular complexity index is 419. The lowest BCUT2D eigenvalue weighted by molar-refractivity contribution is 0.102. The van der Waals surface area contributed by atoms with Crippen molar-refractivity contribution in [2.24, 2.45) is 5.73 Å². The molecule has 1 aliphatic heterocycles. The van der Waals surface area contributed by atoms with Crippen molar-refractivity contribution in [1.29, 1.82) is 0 Å². The summed E-state index contributed by atoms with van der Waals surface area (Å²) in [5.74, 6) is 0. The van der Waals surface area contributed by atoms with Crippen molar-refractivity contribution in [2.45, 2.75) is 13.0 Å². The Balaban J connectivity index is 2.09. The van der Waals surface area contributed by atoms with E-state index in [0.717, 1.165) is 42.2 Å². The quantitative estimate of drug-likeness (QED) is 0.910. The van der Waals surface area contributed by atoms with Crippen molar-refractivity contribution in [3.63, 3.8) is 0 Å². The number of rotatable bonds is 4. The van der Waals surface area contributed by atoms with Gasteiger partial charge in [0.15, 0.2) is 0 Å². The molecule has 0 amide bonds. The van der Waals surface area contributed by atoms with Crippen molar-refractivity contribution in [3.8, 4) is 0 Å². The van der Waals surface area contributed by atoms with Gasteiger partial charge in [-0.15, -0.1) is 0 Å². The molecular weight excluding hydrogens is 326 g/mol. The number of nitrogens with two attached hydrogens (primary N) is 1. The molecule has 1 unspecified atom stereocenters. The topological polar surface area (TPSA) is 32.5 Å². The Kier molecular flexibility index (Phi) is 5.66. The average Bonchev–Trinajstić information content (AvgIpc) is 2.44. The SMILES string of the molecule is CCN1CCN(C(CN)c2ccc(Br)c(Cl)c2)CC1. The van der Waals surface area contributed by atoms with E-state index in [9.17, 15) is 0 Å². The van der Waals surface area contributed by atoms with Crippen LogP contribution < -0.4 is 5.73 Å². The first-order valence-electron chi connectivity index (χ1n) is 6.77. The van der Waals surface area contributed by atoms with Crippen LogP contribution in [-0.4, -0.2) is 49.1 Å². The predicted octanol–water partition coefficient (Wildman–Crippen LogP) is 2.74. The maximum Gasteiger partial charge on any atom is 0.0551 e. The highest BCUT2D eigenvalue weighted by Crippen LogP contribution is 2.28. The monoisotopic (exact) mass is 345 g/mol. The third-order valence-corrected chi connectivity index (χ3v) is 5.08. The summed E-state index contributed by atoms with van der Waals surface area (Å²) in [7, 11) is 0. The highest BCUT2D eigenvalue weighted by atomic mass is 79.9. The number of halogens is 2. The summed E-state index contributed by atoms with van der Waals surface area (Å²) in [6.45, 7) is 8.36. The molecule has 1 aromatic carbocycles. The van der Waals surface area contributed by atoms with Crippen LogP contribution >= 0.6 is 27.5 Å². The fourth-order valence-corrected chi connectivity index (χ4v) is 3.04. The molecule has 2 rings (SSSR count). The first kappa shape index (κ1) is 15.3. The van der Waals surface area contributed by atoms with Crippen molar-refractivity contribution >= 4 is 27.5 Å². The maximum absolute atomic E-state index is 6.18. The zero-order chi connectivity index (χ0) is 13.8. The molecule has 19 heavy (non-hydrogen) atoms. The Morgan fingerprint density at radius 3 is 2.53 bits per heavy atom. The van der Waals surface area contributed by atoms with Gasteiger partial charge in [0.05, 0.1) is 5.02 Å². The average molecular weight is 347 g/mol. The molecule has 1 atom stereocenters. The van der Waals surface area contributed by atoms with Crippen LogP contribution in [0.25, 0.3) is 0 Å². The van der Waals surface area contributed by atoms with E-state index in [4.69, 9.17) is 17.3 Å². The van der Waals surface area contributed by atoms with Gasteiger partial charge in [0, 0.05) is 43.2 Å². The summed E-state index contributed by atoms with van der Waals surface area (Å²) in [4.78, 5) is 4.93. The minimum Gasteiger partial charge on any atom is -0.329 e. The van der Waals surface area contributed by atoms with Crippen LogP contribution in [0.15, 0.2) is 22.7 Å². The fourth-order valence-electron chi connectivity index (χ4n) is 2.61. The molecule has 0 aliphatic carbocycles. The third-order valence-electron chi connectivity index (χ3n) is 3.85. The molecule has 1 aliphatic rings. The molecule has 0 aromatic heterocycles. The smallest absolute Gasteiger partial charge is 0.0551 e. The first-order chi connectivity index (χ1) is 9.15. The molecule has 1 saturated heterocycles. The Labute approximate surface area is 128 Å². The van der Waals surface area contributed by atoms with Crippen LogP contribution in [0, 0.1) is 0 Å². The number of piperazine rings is 1. The second-order valence-electron chi connectivity index (χ2n) is 4.90. The molecule has 1 fully saturated rings. The largest absolute Gasteiger partial charge is 0.329 e. The van der Waals surface area contributed by atoms with E-state index in [0.29, 0.717) is 6.54 Å². The minimum atomic E-state index is 0.268. The van der Waals surface area contributed by atoms with E-state index in [1.54, 1.807) is 0 Å². The van der Waals surface area contributed by atoms with Gasteiger partial charge in [-0.25, -0.2) is 0 Å². The van der Waals surface area contributed by atoms with E-state index < -0.39 is 0 Å². The summed E-state index contributed by atoms with van der Waals surface area (Å²) in [6.07, 6.45) is 0. The highest BCUT2D eigenvalue weighted by molar-refractivity contribution is 9.10. The van der Waals surface area contributed by atoms with E-state index in [-0.39, 0.29) is 6.04 Å². The number of hydrogen-bond acceptors (Lipinski definition) is 3. The van der Waals surface area contributed by atoms with Gasteiger partial charge >= 0.3 is 0 Å². The Morgan fingerprint density at radius 2 is 2.00 bits per heavy atom. The molecule has 0 saturated carbocycles. The second-order valence-corrected chi connectivity index (χ2v) is 6.16. The summed E-state index contributed by atoms with van der Waals surface area (Å²) in [5.41, 5.74) is 7.19. The molecule has 2 N–H and O–H groups in total. The summed E-state index contributed by atoms with van der Waals surface area (Å²) in [6, 6.07) is 6.40. The maximum atomic E-state index is 6.18. The van der Waals surface area contributed by atoms with E-state index in [1.807, 2.05) is 12.1 Å². The zero-order valence-corrected chi connectivity index (χ0v) is 13.6. The van der Waals surface area contributed by atoms with E-state index in [2.05, 4.69) is 38.7 Å². The van der Waals surface area contributed by atoms with Gasteiger partial charge in [-0.2, -0.15) is 0 Å². The van der Waals surface area contributed by atoms with Crippen LogP contribution in [0.4, 0.5) is 0 Å². The lowest BCUT2D eigenvalue weighted by atomic mass is 10.0. The molecule has 1 aromatic rings. The normalized spacial score (nSPS) is 19.6. The summed E-state index contributed by atoms with van der Waals surface area (Å²) in [5, 5.41) is 0.753. The van der Waals surface area contributed by atoms with Crippen LogP contribution in [0.2, 0.25) is 5.02 Å². The number of nitrogens with zero attached hydrogens (tertiary/aromatic N) is 2. The van der Waals surface area contributed by atoms with Gasteiger partial charge in [0.1, 0.15) is 0 Å². The molecule has 106 valence electrons. The summed E-state index contributed by atoms with van der Waals surface area (Å²) < 4.78 is 0.935. The minimum absolute atomic E-state index is 0.268. The van der Waals surface area contributed by atoms with Crippen molar-refractivity contribution in [3.05, 3.63) is 33.3 Å². The molecular formula is C14H21BrClN3. The molecule has 0 radical (unpaired) electrons. The highest BCUT2D eigenvalue weighted by Gasteiger charge is 2.23. The third kappa shape index (κ3) is 3.70. The van der Waals surface area contributed by atoms with Gasteiger partial charge in [-0.3, -0.25) is 4.90 Å². The van der Waals surface area contributed by atoms with E-state index in [1.165, 1.54) is 5.56 Å². The molecule has 0 bridgehead atoms. The van der Waals surface area contributed by atoms with Gasteiger partial charge < -0.3 is 10.6 Å². The second kappa shape index (κ2) is 7.04. The lowest BCUT2D eigenvalue weighted by Crippen LogP contribution is -2.48. The van der Waals surface area contributed by atoms with Gasteiger partial charge in [-0.05, 0) is 40.2 Å². The zero-order valence-electron chi connectivity index (χ0n) is 11.3. The Hall–Kier alpha value is -0.130. The molecule has 1 heterocycles. The summed E-state index contributed by atoms with van der Waals surface area (Å²) >= 11 is 9.62. The van der Waals surface area contributed by atoms with Crippen molar-refractivity contribution in [1.82, 2.24) is 9.80 Å². The lowest BCUT2D eigenvalue weighted by Gasteiger charge is -2.38. The van der Waals surface area contributed by atoms with Gasteiger partial charge in [0.25, 0.3) is 0 Å². The first-order valence-corrected chi connectivity index (χ1v) is 7.94. The van der Waals surface area contributed by atoms with Crippen molar-refractivity contribution < 1.29 is 0 Å². The standard InChI is InChI=1S/C14H21BrClN3/c1-2-18-5-7-19(8-6-18)14(10-17)11-3-4-12(15)13(16)9-11/h3-4,9,14H,2,5-8,10,17H2,1H3. The number of likely N-dealkylation sites (N-methyl/N-ethyl adjacent to an activating group) is 1. The fraction of sp³-hybridized carbons (Fsp3) is 0.571. The van der Waals surface area contributed by atoms with Gasteiger partial charge in [0.2, 0.25) is 0 Å². The molecule has 3 nitrogen and oxygen atoms in total. The van der Waals surface area contributed by atoms with Crippen LogP contribution in [0.1, 0.15) is 18.5 Å². The molecule has 5 heteroatoms. The van der Waals surface area contributed by atoms with Crippen molar-refractivity contribution in [2.75, 3.05) is 39.3 Å². The molecule has 0 spiro atoms. The number of hydrogen-bond donors (Lipinski definition) is 1. The van der Waals surface area contributed by atoms with Crippen LogP contribution in [0.3, 0.4) is 0 Å². The van der Waals surface area contributed by atoms with Crippen LogP contribution in [-0.2, 0) is 0 Å². The Morgan fingerprint density at radius 1 is 1.32 bits per heavy atom. The van der Waals surface area contributed by atoms with Crippen LogP contribution in [0.5, 0.6) is 0 Å². The predicted molar refractivity (Wildman–Crippen MR) is 84.6 cm³/mol. The van der Waals surface area contributed by atoms with Gasteiger partial charge in [-0.1, -0.05) is 24.6 Å². The van der Waals surface area contributed by atoms with E-state index >= 15 is 0 Å². The number of benzene rings is 1.